The van der Waals surface area contributed by atoms with Crippen molar-refractivity contribution in [1.29, 1.82) is 5.26 Å². The van der Waals surface area contributed by atoms with Crippen molar-refractivity contribution in [3.8, 4) is 95.9 Å². The van der Waals surface area contributed by atoms with Gasteiger partial charge in [-0.15, -0.1) is 0 Å². The van der Waals surface area contributed by atoms with Gasteiger partial charge in [0.05, 0.1) is 11.6 Å². The molecule has 0 aliphatic heterocycles. The molecule has 1 aliphatic carbocycles. The molecular formula is C50H30N4. The third kappa shape index (κ3) is 5.27. The lowest BCUT2D eigenvalue weighted by Crippen LogP contribution is -2.01. The van der Waals surface area contributed by atoms with Gasteiger partial charge in [-0.05, 0) is 78.5 Å². The minimum absolute atomic E-state index is 0.626. The van der Waals surface area contributed by atoms with Gasteiger partial charge in [-0.2, -0.15) is 5.26 Å². The van der Waals surface area contributed by atoms with Crippen LogP contribution in [0.25, 0.3) is 101 Å². The Bertz CT molecular complexity index is 2820. The van der Waals surface area contributed by atoms with Gasteiger partial charge in [-0.1, -0.05) is 170 Å². The van der Waals surface area contributed by atoms with E-state index in [1.807, 2.05) is 78.9 Å². The Morgan fingerprint density at radius 1 is 0.278 bits per heavy atom. The van der Waals surface area contributed by atoms with Crippen LogP contribution in [-0.2, 0) is 0 Å². The smallest absolute Gasteiger partial charge is 0.164 e. The first-order chi connectivity index (χ1) is 26.7. The molecule has 1 heterocycles. The second kappa shape index (κ2) is 12.9. The van der Waals surface area contributed by atoms with Gasteiger partial charge in [0.1, 0.15) is 0 Å². The predicted molar refractivity (Wildman–Crippen MR) is 219 cm³/mol. The topological polar surface area (TPSA) is 62.5 Å². The van der Waals surface area contributed by atoms with E-state index >= 15 is 0 Å². The molecule has 1 aliphatic rings. The maximum absolute atomic E-state index is 9.49. The van der Waals surface area contributed by atoms with Gasteiger partial charge in [0, 0.05) is 16.7 Å². The zero-order valence-electron chi connectivity index (χ0n) is 29.1. The molecule has 0 bridgehead atoms. The molecule has 54 heavy (non-hydrogen) atoms. The molecule has 9 aromatic rings. The normalized spacial score (nSPS) is 11.3. The third-order valence-electron chi connectivity index (χ3n) is 10.4. The summed E-state index contributed by atoms with van der Waals surface area (Å²) < 4.78 is 0. The van der Waals surface area contributed by atoms with Crippen LogP contribution in [0.1, 0.15) is 5.56 Å². The lowest BCUT2D eigenvalue weighted by atomic mass is 9.88. The highest BCUT2D eigenvalue weighted by atomic mass is 15.0. The Morgan fingerprint density at radius 2 is 0.648 bits per heavy atom. The van der Waals surface area contributed by atoms with Crippen LogP contribution < -0.4 is 0 Å². The highest BCUT2D eigenvalue weighted by molar-refractivity contribution is 6.22. The Kier molecular flexibility index (Phi) is 7.49. The Hall–Kier alpha value is -7.48. The van der Waals surface area contributed by atoms with Crippen molar-refractivity contribution in [1.82, 2.24) is 15.0 Å². The fourth-order valence-electron chi connectivity index (χ4n) is 7.79. The van der Waals surface area contributed by atoms with Crippen molar-refractivity contribution in [2.24, 2.45) is 0 Å². The average Bonchev–Trinajstić information content (AvgIpc) is 3.59. The zero-order valence-corrected chi connectivity index (χ0v) is 29.1. The van der Waals surface area contributed by atoms with E-state index in [1.54, 1.807) is 0 Å². The first-order valence-electron chi connectivity index (χ1n) is 18.0. The number of benzene rings is 8. The molecule has 1 aromatic heterocycles. The number of fused-ring (bicyclic) bond motifs is 3. The van der Waals surface area contributed by atoms with Crippen molar-refractivity contribution < 1.29 is 0 Å². The first-order valence-corrected chi connectivity index (χ1v) is 18.0. The van der Waals surface area contributed by atoms with Crippen molar-refractivity contribution >= 4 is 10.8 Å². The largest absolute Gasteiger partial charge is 0.208 e. The monoisotopic (exact) mass is 686 g/mol. The molecule has 250 valence electrons. The molecule has 4 nitrogen and oxygen atoms in total. The summed E-state index contributed by atoms with van der Waals surface area (Å²) in [6.07, 6.45) is 0. The number of aromatic nitrogens is 3. The molecule has 4 heteroatoms. The highest BCUT2D eigenvalue weighted by Crippen LogP contribution is 2.52. The molecular weight excluding hydrogens is 657 g/mol. The van der Waals surface area contributed by atoms with E-state index in [1.165, 1.54) is 38.6 Å². The second-order valence-corrected chi connectivity index (χ2v) is 13.5. The van der Waals surface area contributed by atoms with Gasteiger partial charge in [-0.3, -0.25) is 0 Å². The van der Waals surface area contributed by atoms with Gasteiger partial charge in [0.25, 0.3) is 0 Å². The summed E-state index contributed by atoms with van der Waals surface area (Å²) in [6, 6.07) is 65.2. The molecule has 0 unspecified atom stereocenters. The fourth-order valence-corrected chi connectivity index (χ4v) is 7.79. The molecule has 0 fully saturated rings. The molecule has 0 atom stereocenters. The quantitative estimate of drug-likeness (QED) is 0.175. The van der Waals surface area contributed by atoms with Gasteiger partial charge >= 0.3 is 0 Å². The van der Waals surface area contributed by atoms with Gasteiger partial charge in [0.15, 0.2) is 17.5 Å². The molecule has 10 rings (SSSR count). The summed E-state index contributed by atoms with van der Waals surface area (Å²) in [5.41, 5.74) is 15.1. The van der Waals surface area contributed by atoms with Gasteiger partial charge in [-0.25, -0.2) is 15.0 Å². The Morgan fingerprint density at radius 3 is 1.15 bits per heavy atom. The minimum Gasteiger partial charge on any atom is -0.208 e. The lowest BCUT2D eigenvalue weighted by molar-refractivity contribution is 1.07. The third-order valence-corrected chi connectivity index (χ3v) is 10.4. The van der Waals surface area contributed by atoms with Gasteiger partial charge < -0.3 is 0 Å². The van der Waals surface area contributed by atoms with Crippen LogP contribution in [0, 0.1) is 11.3 Å². The SMILES string of the molecule is N#Cc1ccc(-c2ccc3c4c(ccc(-c5ccc(-c6ccccc6-c6nc(-c7ccccc7)nc(-c7ccccc7)n6)cc5)c24)-c2ccccc2-3)cc1. The van der Waals surface area contributed by atoms with Crippen LogP contribution in [-0.4, -0.2) is 15.0 Å². The van der Waals surface area contributed by atoms with Crippen molar-refractivity contribution in [2.75, 3.05) is 0 Å². The maximum atomic E-state index is 9.49. The predicted octanol–water partition coefficient (Wildman–Crippen LogP) is 12.5. The second-order valence-electron chi connectivity index (χ2n) is 13.5. The van der Waals surface area contributed by atoms with Crippen LogP contribution in [0.4, 0.5) is 0 Å². The molecule has 0 amide bonds. The molecule has 0 spiro atoms. The number of nitriles is 1. The van der Waals surface area contributed by atoms with E-state index < -0.39 is 0 Å². The van der Waals surface area contributed by atoms with E-state index in [9.17, 15) is 5.26 Å². The molecule has 0 saturated carbocycles. The summed E-state index contributed by atoms with van der Waals surface area (Å²) in [4.78, 5) is 15.0. The van der Waals surface area contributed by atoms with Crippen LogP contribution in [0.2, 0.25) is 0 Å². The lowest BCUT2D eigenvalue weighted by Gasteiger charge is -2.16. The summed E-state index contributed by atoms with van der Waals surface area (Å²) in [5, 5.41) is 12.0. The molecule has 0 N–H and O–H groups in total. The number of hydrogen-bond acceptors (Lipinski definition) is 4. The Labute approximate surface area is 313 Å². The van der Waals surface area contributed by atoms with Gasteiger partial charge in [0.2, 0.25) is 0 Å². The zero-order chi connectivity index (χ0) is 36.0. The van der Waals surface area contributed by atoms with Crippen LogP contribution >= 0.6 is 0 Å². The van der Waals surface area contributed by atoms with E-state index in [2.05, 4.69) is 109 Å². The summed E-state index contributed by atoms with van der Waals surface area (Å²) in [7, 11) is 0. The summed E-state index contributed by atoms with van der Waals surface area (Å²) in [6.45, 7) is 0. The summed E-state index contributed by atoms with van der Waals surface area (Å²) >= 11 is 0. The van der Waals surface area contributed by atoms with E-state index in [0.29, 0.717) is 23.0 Å². The molecule has 0 radical (unpaired) electrons. The van der Waals surface area contributed by atoms with Crippen molar-refractivity contribution in [2.45, 2.75) is 0 Å². The number of hydrogen-bond donors (Lipinski definition) is 0. The van der Waals surface area contributed by atoms with E-state index in [4.69, 9.17) is 15.0 Å². The van der Waals surface area contributed by atoms with E-state index in [-0.39, 0.29) is 0 Å². The highest BCUT2D eigenvalue weighted by Gasteiger charge is 2.25. The minimum atomic E-state index is 0.626. The number of rotatable bonds is 6. The fraction of sp³-hybridized carbons (Fsp3) is 0. The molecule has 8 aromatic carbocycles. The Balaban J connectivity index is 1.11. The maximum Gasteiger partial charge on any atom is 0.164 e. The standard InChI is InChI=1S/C50H30N4/c51-31-32-19-21-34(22-20-32)39-27-29-43-41-16-8-9-17-42(41)44-30-28-40(46(39)47(43)44)35-25-23-33(24-26-35)38-15-7-10-18-45(38)50-53-48(36-11-3-1-4-12-36)52-49(54-50)37-13-5-2-6-14-37/h1-30H. The summed E-state index contributed by atoms with van der Waals surface area (Å²) in [5.74, 6) is 1.90. The van der Waals surface area contributed by atoms with Crippen LogP contribution in [0.3, 0.4) is 0 Å². The van der Waals surface area contributed by atoms with E-state index in [0.717, 1.165) is 44.5 Å². The van der Waals surface area contributed by atoms with Crippen LogP contribution in [0.5, 0.6) is 0 Å². The number of nitrogens with zero attached hydrogens (tertiary/aromatic N) is 4. The van der Waals surface area contributed by atoms with Crippen molar-refractivity contribution in [3.05, 3.63) is 188 Å². The average molecular weight is 687 g/mol. The molecule has 0 saturated heterocycles. The first kappa shape index (κ1) is 31.3. The van der Waals surface area contributed by atoms with Crippen LogP contribution in [0.15, 0.2) is 182 Å². The van der Waals surface area contributed by atoms with Crippen molar-refractivity contribution in [3.63, 3.8) is 0 Å².